The van der Waals surface area contributed by atoms with E-state index in [9.17, 15) is 13.6 Å². The first-order valence-electron chi connectivity index (χ1n) is 5.69. The molecule has 0 atom stereocenters. The smallest absolute Gasteiger partial charge is 0.408 e. The van der Waals surface area contributed by atoms with Gasteiger partial charge in [-0.1, -0.05) is 11.8 Å². The molecule has 0 radical (unpaired) electrons. The number of carbonyl (C=O) groups is 1. The minimum Gasteiger partial charge on any atom is -0.444 e. The van der Waals surface area contributed by atoms with Crippen molar-refractivity contribution in [2.45, 2.75) is 26.4 Å². The third-order valence-electron chi connectivity index (χ3n) is 1.87. The molecule has 0 bridgehead atoms. The highest BCUT2D eigenvalue weighted by Gasteiger charge is 2.14. The predicted molar refractivity (Wildman–Crippen MR) is 67.5 cm³/mol. The van der Waals surface area contributed by atoms with Crippen molar-refractivity contribution in [1.29, 1.82) is 0 Å². The van der Waals surface area contributed by atoms with Crippen LogP contribution < -0.4 is 5.32 Å². The molecule has 0 fully saturated rings. The molecule has 19 heavy (non-hydrogen) atoms. The number of nitrogens with one attached hydrogen (secondary N) is 1. The normalized spacial score (nSPS) is 10.4. The first-order chi connectivity index (χ1) is 8.78. The average Bonchev–Trinajstić information content (AvgIpc) is 2.26. The first kappa shape index (κ1) is 15.0. The van der Waals surface area contributed by atoms with E-state index in [1.807, 2.05) is 0 Å². The maximum atomic E-state index is 13.2. The molecule has 0 aliphatic heterocycles. The third kappa shape index (κ3) is 5.87. The molecule has 0 spiro atoms. The van der Waals surface area contributed by atoms with Gasteiger partial charge in [-0.2, -0.15) is 0 Å². The summed E-state index contributed by atoms with van der Waals surface area (Å²) < 4.78 is 31.0. The van der Waals surface area contributed by atoms with E-state index in [1.165, 1.54) is 0 Å². The SMILES string of the molecule is CC(C)(C)OC(=O)NCC#Cc1cc(F)ccc1F. The van der Waals surface area contributed by atoms with Crippen LogP contribution in [0.2, 0.25) is 0 Å². The number of rotatable bonds is 1. The minimum absolute atomic E-state index is 0.00906. The van der Waals surface area contributed by atoms with E-state index in [4.69, 9.17) is 4.74 Å². The van der Waals surface area contributed by atoms with Crippen molar-refractivity contribution in [1.82, 2.24) is 5.32 Å². The van der Waals surface area contributed by atoms with Crippen LogP contribution in [0.5, 0.6) is 0 Å². The molecule has 0 aliphatic carbocycles. The molecule has 3 nitrogen and oxygen atoms in total. The molecule has 0 heterocycles. The Hall–Kier alpha value is -2.09. The zero-order valence-corrected chi connectivity index (χ0v) is 11.0. The summed E-state index contributed by atoms with van der Waals surface area (Å²) in [6, 6.07) is 3.01. The summed E-state index contributed by atoms with van der Waals surface area (Å²) >= 11 is 0. The second-order valence-corrected chi connectivity index (χ2v) is 4.78. The molecule has 0 unspecified atom stereocenters. The molecule has 1 amide bonds. The summed E-state index contributed by atoms with van der Waals surface area (Å²) in [5.41, 5.74) is -0.641. The molecule has 0 aromatic heterocycles. The van der Waals surface area contributed by atoms with Gasteiger partial charge in [-0.3, -0.25) is 0 Å². The van der Waals surface area contributed by atoms with Gasteiger partial charge in [-0.05, 0) is 39.0 Å². The molecule has 0 aliphatic rings. The van der Waals surface area contributed by atoms with E-state index < -0.39 is 23.3 Å². The number of ether oxygens (including phenoxy) is 1. The van der Waals surface area contributed by atoms with Crippen LogP contribution in [0.25, 0.3) is 0 Å². The monoisotopic (exact) mass is 267 g/mol. The Balaban J connectivity index is 2.52. The van der Waals surface area contributed by atoms with Crippen molar-refractivity contribution in [3.63, 3.8) is 0 Å². The van der Waals surface area contributed by atoms with Gasteiger partial charge in [-0.25, -0.2) is 13.6 Å². The Bertz CT molecular complexity index is 524. The highest BCUT2D eigenvalue weighted by atomic mass is 19.1. The molecule has 1 N–H and O–H groups in total. The van der Waals surface area contributed by atoms with Crippen molar-refractivity contribution in [2.75, 3.05) is 6.54 Å². The molecular formula is C14H15F2NO2. The molecule has 5 heteroatoms. The molecular weight excluding hydrogens is 252 g/mol. The van der Waals surface area contributed by atoms with Gasteiger partial charge >= 0.3 is 6.09 Å². The summed E-state index contributed by atoms with van der Waals surface area (Å²) in [6.07, 6.45) is -0.610. The summed E-state index contributed by atoms with van der Waals surface area (Å²) in [4.78, 5) is 11.3. The number of halogens is 2. The Kier molecular flexibility index (Phi) is 4.87. The second-order valence-electron chi connectivity index (χ2n) is 4.78. The van der Waals surface area contributed by atoms with Gasteiger partial charge in [0.25, 0.3) is 0 Å². The zero-order chi connectivity index (χ0) is 14.5. The van der Waals surface area contributed by atoms with Crippen LogP contribution >= 0.6 is 0 Å². The van der Waals surface area contributed by atoms with E-state index in [0.29, 0.717) is 0 Å². The van der Waals surface area contributed by atoms with Crippen LogP contribution in [0.1, 0.15) is 26.3 Å². The molecule has 1 rings (SSSR count). The molecule has 0 saturated heterocycles. The number of hydrogen-bond donors (Lipinski definition) is 1. The van der Waals surface area contributed by atoms with Gasteiger partial charge in [-0.15, -0.1) is 0 Å². The number of carbonyl (C=O) groups excluding carboxylic acids is 1. The van der Waals surface area contributed by atoms with Crippen LogP contribution in [0.3, 0.4) is 0 Å². The topological polar surface area (TPSA) is 38.3 Å². The lowest BCUT2D eigenvalue weighted by Crippen LogP contribution is -2.32. The maximum absolute atomic E-state index is 13.2. The fourth-order valence-corrected chi connectivity index (χ4v) is 1.16. The average molecular weight is 267 g/mol. The van der Waals surface area contributed by atoms with Crippen LogP contribution in [-0.2, 0) is 4.74 Å². The van der Waals surface area contributed by atoms with Gasteiger partial charge in [0, 0.05) is 0 Å². The Labute approximate surface area is 111 Å². The van der Waals surface area contributed by atoms with Gasteiger partial charge in [0.05, 0.1) is 12.1 Å². The zero-order valence-electron chi connectivity index (χ0n) is 11.0. The fourth-order valence-electron chi connectivity index (χ4n) is 1.16. The molecule has 1 aromatic carbocycles. The summed E-state index contributed by atoms with van der Waals surface area (Å²) in [5, 5.41) is 2.39. The Morgan fingerprint density at radius 2 is 2.05 bits per heavy atom. The number of alkyl carbamates (subject to hydrolysis) is 1. The van der Waals surface area contributed by atoms with Crippen molar-refractivity contribution in [3.05, 3.63) is 35.4 Å². The van der Waals surface area contributed by atoms with Crippen LogP contribution in [-0.4, -0.2) is 18.2 Å². The summed E-state index contributed by atoms with van der Waals surface area (Å²) in [7, 11) is 0. The van der Waals surface area contributed by atoms with E-state index in [2.05, 4.69) is 17.2 Å². The van der Waals surface area contributed by atoms with Gasteiger partial charge < -0.3 is 10.1 Å². The lowest BCUT2D eigenvalue weighted by Gasteiger charge is -2.18. The predicted octanol–water partition coefficient (Wildman–Crippen LogP) is 2.84. The van der Waals surface area contributed by atoms with Crippen LogP contribution in [0, 0.1) is 23.5 Å². The van der Waals surface area contributed by atoms with Crippen molar-refractivity contribution in [2.24, 2.45) is 0 Å². The second kappa shape index (κ2) is 6.19. The van der Waals surface area contributed by atoms with Gasteiger partial charge in [0.2, 0.25) is 0 Å². The Morgan fingerprint density at radius 1 is 1.37 bits per heavy atom. The largest absolute Gasteiger partial charge is 0.444 e. The van der Waals surface area contributed by atoms with E-state index in [1.54, 1.807) is 20.8 Å². The highest BCUT2D eigenvalue weighted by molar-refractivity contribution is 5.68. The van der Waals surface area contributed by atoms with Crippen molar-refractivity contribution < 1.29 is 18.3 Å². The van der Waals surface area contributed by atoms with E-state index in [-0.39, 0.29) is 12.1 Å². The van der Waals surface area contributed by atoms with Crippen LogP contribution in [0.15, 0.2) is 18.2 Å². The molecule has 1 aromatic rings. The van der Waals surface area contributed by atoms with E-state index >= 15 is 0 Å². The highest BCUT2D eigenvalue weighted by Crippen LogP contribution is 2.08. The number of hydrogen-bond acceptors (Lipinski definition) is 2. The minimum atomic E-state index is -0.610. The Morgan fingerprint density at radius 3 is 2.68 bits per heavy atom. The van der Waals surface area contributed by atoms with Crippen molar-refractivity contribution in [3.8, 4) is 11.8 Å². The third-order valence-corrected chi connectivity index (χ3v) is 1.87. The number of amides is 1. The first-order valence-corrected chi connectivity index (χ1v) is 5.69. The maximum Gasteiger partial charge on any atom is 0.408 e. The summed E-state index contributed by atoms with van der Waals surface area (Å²) in [5.74, 6) is 3.78. The molecule has 102 valence electrons. The van der Waals surface area contributed by atoms with Gasteiger partial charge in [0.15, 0.2) is 0 Å². The standard InChI is InChI=1S/C14H15F2NO2/c1-14(2,3)19-13(18)17-8-4-5-10-9-11(15)6-7-12(10)16/h6-7,9H,8H2,1-3H3,(H,17,18). The summed E-state index contributed by atoms with van der Waals surface area (Å²) in [6.45, 7) is 5.20. The van der Waals surface area contributed by atoms with Gasteiger partial charge in [0.1, 0.15) is 17.2 Å². The fraction of sp³-hybridized carbons (Fsp3) is 0.357. The van der Waals surface area contributed by atoms with Crippen LogP contribution in [0.4, 0.5) is 13.6 Å². The lowest BCUT2D eigenvalue weighted by molar-refractivity contribution is 0.0535. The lowest BCUT2D eigenvalue weighted by atomic mass is 10.2. The molecule has 0 saturated carbocycles. The number of benzene rings is 1. The quantitative estimate of drug-likeness (QED) is 0.795. The van der Waals surface area contributed by atoms with Crippen molar-refractivity contribution >= 4 is 6.09 Å². The van der Waals surface area contributed by atoms with E-state index in [0.717, 1.165) is 18.2 Å².